The van der Waals surface area contributed by atoms with E-state index in [0.29, 0.717) is 6.54 Å². The van der Waals surface area contributed by atoms with Gasteiger partial charge in [-0.1, -0.05) is 12.1 Å². The van der Waals surface area contributed by atoms with Gasteiger partial charge in [0, 0.05) is 46.4 Å². The Bertz CT molecular complexity index is 402. The molecule has 1 atom stereocenters. The number of piperazine rings is 1. The third-order valence-electron chi connectivity index (χ3n) is 3.86. The van der Waals surface area contributed by atoms with Crippen molar-refractivity contribution >= 4 is 5.69 Å². The number of para-hydroxylation sites is 2. The van der Waals surface area contributed by atoms with Gasteiger partial charge in [0.1, 0.15) is 5.75 Å². The Balaban J connectivity index is 1.91. The first-order valence-electron chi connectivity index (χ1n) is 7.11. The van der Waals surface area contributed by atoms with Gasteiger partial charge in [-0.25, -0.2) is 0 Å². The van der Waals surface area contributed by atoms with Gasteiger partial charge in [-0.05, 0) is 12.1 Å². The third kappa shape index (κ3) is 3.62. The van der Waals surface area contributed by atoms with Crippen LogP contribution in [0.25, 0.3) is 0 Å². The highest BCUT2D eigenvalue weighted by molar-refractivity contribution is 5.58. The molecular formula is C15H25N3O2. The molecule has 0 aromatic heterocycles. The molecule has 2 rings (SSSR count). The van der Waals surface area contributed by atoms with Gasteiger partial charge in [-0.3, -0.25) is 4.90 Å². The van der Waals surface area contributed by atoms with Crippen LogP contribution in [0.5, 0.6) is 5.75 Å². The van der Waals surface area contributed by atoms with Crippen molar-refractivity contribution in [2.45, 2.75) is 6.10 Å². The van der Waals surface area contributed by atoms with Gasteiger partial charge in [-0.2, -0.15) is 0 Å². The Kier molecular flexibility index (Phi) is 5.64. The van der Waals surface area contributed by atoms with Gasteiger partial charge in [0.15, 0.2) is 0 Å². The minimum atomic E-state index is 0.132. The van der Waals surface area contributed by atoms with Crippen molar-refractivity contribution in [2.75, 3.05) is 58.4 Å². The van der Waals surface area contributed by atoms with Crippen LogP contribution in [0.4, 0.5) is 5.69 Å². The van der Waals surface area contributed by atoms with Crippen molar-refractivity contribution in [3.05, 3.63) is 24.3 Å². The molecule has 1 unspecified atom stereocenters. The molecule has 1 fully saturated rings. The monoisotopic (exact) mass is 279 g/mol. The zero-order valence-corrected chi connectivity index (χ0v) is 12.4. The largest absolute Gasteiger partial charge is 0.495 e. The molecule has 2 N–H and O–H groups in total. The predicted molar refractivity (Wildman–Crippen MR) is 81.5 cm³/mol. The second kappa shape index (κ2) is 7.47. The molecule has 1 aromatic rings. The molecule has 20 heavy (non-hydrogen) atoms. The van der Waals surface area contributed by atoms with E-state index in [1.54, 1.807) is 14.2 Å². The van der Waals surface area contributed by atoms with Gasteiger partial charge >= 0.3 is 0 Å². The van der Waals surface area contributed by atoms with Crippen molar-refractivity contribution in [3.63, 3.8) is 0 Å². The van der Waals surface area contributed by atoms with E-state index in [-0.39, 0.29) is 6.10 Å². The van der Waals surface area contributed by atoms with E-state index < -0.39 is 0 Å². The van der Waals surface area contributed by atoms with Crippen molar-refractivity contribution in [3.8, 4) is 5.75 Å². The summed E-state index contributed by atoms with van der Waals surface area (Å²) < 4.78 is 10.8. The molecule has 1 aromatic carbocycles. The number of anilines is 1. The van der Waals surface area contributed by atoms with E-state index in [2.05, 4.69) is 21.9 Å². The zero-order chi connectivity index (χ0) is 14.4. The fourth-order valence-corrected chi connectivity index (χ4v) is 2.60. The quantitative estimate of drug-likeness (QED) is 0.834. The summed E-state index contributed by atoms with van der Waals surface area (Å²) in [6.07, 6.45) is 0.132. The Hall–Kier alpha value is -1.30. The van der Waals surface area contributed by atoms with E-state index in [0.717, 1.165) is 38.5 Å². The van der Waals surface area contributed by atoms with E-state index in [4.69, 9.17) is 15.2 Å². The summed E-state index contributed by atoms with van der Waals surface area (Å²) in [5, 5.41) is 0. The molecule has 112 valence electrons. The standard InChI is InChI=1S/C15H25N3O2/c1-19-13(11-16)12-17-7-9-18(10-8-17)14-5-3-4-6-15(14)20-2/h3-6,13H,7-12,16H2,1-2H3. The van der Waals surface area contributed by atoms with Crippen molar-refractivity contribution in [2.24, 2.45) is 5.73 Å². The Morgan fingerprint density at radius 3 is 2.45 bits per heavy atom. The smallest absolute Gasteiger partial charge is 0.142 e. The van der Waals surface area contributed by atoms with Gasteiger partial charge in [-0.15, -0.1) is 0 Å². The molecule has 0 bridgehead atoms. The summed E-state index contributed by atoms with van der Waals surface area (Å²) in [4.78, 5) is 4.78. The highest BCUT2D eigenvalue weighted by Crippen LogP contribution is 2.28. The number of nitrogens with zero attached hydrogens (tertiary/aromatic N) is 2. The van der Waals surface area contributed by atoms with E-state index in [1.165, 1.54) is 5.69 Å². The average Bonchev–Trinajstić information content (AvgIpc) is 2.53. The van der Waals surface area contributed by atoms with E-state index >= 15 is 0 Å². The molecule has 0 aliphatic carbocycles. The van der Waals surface area contributed by atoms with Crippen LogP contribution in [0.2, 0.25) is 0 Å². The van der Waals surface area contributed by atoms with Crippen LogP contribution in [0.1, 0.15) is 0 Å². The second-order valence-electron chi connectivity index (χ2n) is 5.05. The fourth-order valence-electron chi connectivity index (χ4n) is 2.60. The van der Waals surface area contributed by atoms with Crippen molar-refractivity contribution < 1.29 is 9.47 Å². The molecule has 0 spiro atoms. The topological polar surface area (TPSA) is 51.0 Å². The zero-order valence-electron chi connectivity index (χ0n) is 12.4. The Morgan fingerprint density at radius 1 is 1.15 bits per heavy atom. The molecule has 1 aliphatic heterocycles. The van der Waals surface area contributed by atoms with Gasteiger partial charge < -0.3 is 20.1 Å². The summed E-state index contributed by atoms with van der Waals surface area (Å²) in [6, 6.07) is 8.19. The molecular weight excluding hydrogens is 254 g/mol. The lowest BCUT2D eigenvalue weighted by Crippen LogP contribution is -2.49. The van der Waals surface area contributed by atoms with Crippen LogP contribution < -0.4 is 15.4 Å². The molecule has 5 heteroatoms. The van der Waals surface area contributed by atoms with Crippen LogP contribution in [-0.2, 0) is 4.74 Å². The number of nitrogens with two attached hydrogens (primary N) is 1. The summed E-state index contributed by atoms with van der Waals surface area (Å²) in [6.45, 7) is 5.54. The molecule has 0 saturated carbocycles. The molecule has 1 aliphatic rings. The number of benzene rings is 1. The first-order valence-corrected chi connectivity index (χ1v) is 7.11. The lowest BCUT2D eigenvalue weighted by atomic mass is 10.2. The lowest BCUT2D eigenvalue weighted by Gasteiger charge is -2.37. The van der Waals surface area contributed by atoms with E-state index in [1.807, 2.05) is 12.1 Å². The maximum absolute atomic E-state index is 5.68. The Morgan fingerprint density at radius 2 is 1.85 bits per heavy atom. The number of hydrogen-bond donors (Lipinski definition) is 1. The minimum Gasteiger partial charge on any atom is -0.495 e. The summed E-state index contributed by atoms with van der Waals surface area (Å²) >= 11 is 0. The highest BCUT2D eigenvalue weighted by atomic mass is 16.5. The SMILES string of the molecule is COc1ccccc1N1CCN(CC(CN)OC)CC1. The Labute approximate surface area is 121 Å². The molecule has 5 nitrogen and oxygen atoms in total. The maximum atomic E-state index is 5.68. The van der Waals surface area contributed by atoms with Gasteiger partial charge in [0.2, 0.25) is 0 Å². The predicted octanol–water partition coefficient (Wildman–Crippen LogP) is 0.791. The molecule has 0 amide bonds. The van der Waals surface area contributed by atoms with Crippen LogP contribution in [0.3, 0.4) is 0 Å². The molecule has 0 radical (unpaired) electrons. The lowest BCUT2D eigenvalue weighted by molar-refractivity contribution is 0.0679. The maximum Gasteiger partial charge on any atom is 0.142 e. The average molecular weight is 279 g/mol. The van der Waals surface area contributed by atoms with Gasteiger partial charge in [0.25, 0.3) is 0 Å². The van der Waals surface area contributed by atoms with Crippen LogP contribution in [0, 0.1) is 0 Å². The normalized spacial score (nSPS) is 18.1. The van der Waals surface area contributed by atoms with Gasteiger partial charge in [0.05, 0.1) is 18.9 Å². The summed E-state index contributed by atoms with van der Waals surface area (Å²) in [5.41, 5.74) is 6.86. The van der Waals surface area contributed by atoms with Crippen LogP contribution in [-0.4, -0.2) is 64.5 Å². The first-order chi connectivity index (χ1) is 9.78. The number of ether oxygens (including phenoxy) is 2. The summed E-state index contributed by atoms with van der Waals surface area (Å²) in [5.74, 6) is 0.942. The minimum absolute atomic E-state index is 0.132. The van der Waals surface area contributed by atoms with Crippen molar-refractivity contribution in [1.29, 1.82) is 0 Å². The third-order valence-corrected chi connectivity index (χ3v) is 3.86. The molecule has 1 saturated heterocycles. The first kappa shape index (κ1) is 15.1. The number of hydrogen-bond acceptors (Lipinski definition) is 5. The highest BCUT2D eigenvalue weighted by Gasteiger charge is 2.21. The van der Waals surface area contributed by atoms with Crippen LogP contribution in [0.15, 0.2) is 24.3 Å². The molecule has 1 heterocycles. The fraction of sp³-hybridized carbons (Fsp3) is 0.600. The van der Waals surface area contributed by atoms with E-state index in [9.17, 15) is 0 Å². The second-order valence-corrected chi connectivity index (χ2v) is 5.05. The van der Waals surface area contributed by atoms with Crippen LogP contribution >= 0.6 is 0 Å². The summed E-state index contributed by atoms with van der Waals surface area (Å²) in [7, 11) is 3.45. The number of methoxy groups -OCH3 is 2. The number of rotatable bonds is 6. The van der Waals surface area contributed by atoms with Crippen molar-refractivity contribution in [1.82, 2.24) is 4.90 Å².